The zero-order valence-electron chi connectivity index (χ0n) is 9.79. The number of rotatable bonds is 3. The molecule has 0 saturated heterocycles. The summed E-state index contributed by atoms with van der Waals surface area (Å²) in [4.78, 5) is 0. The normalized spacial score (nSPS) is 12.5. The molecule has 0 saturated carbocycles. The third kappa shape index (κ3) is 2.43. The Morgan fingerprint density at radius 2 is 1.40 bits per heavy atom. The second kappa shape index (κ2) is 4.67. The van der Waals surface area contributed by atoms with Crippen LogP contribution in [0.3, 0.4) is 0 Å². The van der Waals surface area contributed by atoms with E-state index in [1.54, 1.807) is 0 Å². The molecule has 0 heterocycles. The van der Waals surface area contributed by atoms with Crippen molar-refractivity contribution < 1.29 is 5.11 Å². The molecule has 0 aromatic heterocycles. The van der Waals surface area contributed by atoms with Crippen molar-refractivity contribution in [3.8, 4) is 0 Å². The molecule has 0 spiro atoms. The van der Waals surface area contributed by atoms with Crippen LogP contribution in [-0.2, 0) is 5.60 Å². The summed E-state index contributed by atoms with van der Waals surface area (Å²) in [5.41, 5.74) is 0.261. The number of hydrogen-bond donors (Lipinski definition) is 1. The van der Waals surface area contributed by atoms with E-state index in [4.69, 9.17) is 0 Å². The number of hydrogen-bond acceptors (Lipinski definition) is 1. The quantitative estimate of drug-likeness (QED) is 0.882. The molecule has 0 unspecified atom stereocenters. The van der Waals surface area contributed by atoms with Crippen LogP contribution in [0, 0.1) is 11.8 Å². The third-order valence-electron chi connectivity index (χ3n) is 3.07. The summed E-state index contributed by atoms with van der Waals surface area (Å²) < 4.78 is 1.04. The molecule has 1 nitrogen and oxygen atoms in total. The Hall–Kier alpha value is -0.340. The van der Waals surface area contributed by atoms with Gasteiger partial charge in [0.1, 0.15) is 0 Å². The van der Waals surface area contributed by atoms with E-state index < -0.39 is 5.60 Å². The van der Waals surface area contributed by atoms with Gasteiger partial charge in [0.2, 0.25) is 0 Å². The number of aliphatic hydroxyl groups is 1. The van der Waals surface area contributed by atoms with E-state index in [2.05, 4.69) is 43.6 Å². The molecule has 1 N–H and O–H groups in total. The molecular formula is C13H19BrO. The van der Waals surface area contributed by atoms with Crippen molar-refractivity contribution in [2.24, 2.45) is 11.8 Å². The molecule has 1 rings (SSSR count). The van der Waals surface area contributed by atoms with Crippen molar-refractivity contribution >= 4 is 15.9 Å². The molecule has 0 radical (unpaired) electrons. The minimum Gasteiger partial charge on any atom is -0.385 e. The maximum Gasteiger partial charge on any atom is 0.0942 e. The van der Waals surface area contributed by atoms with E-state index in [-0.39, 0.29) is 11.8 Å². The minimum absolute atomic E-state index is 0.207. The predicted molar refractivity (Wildman–Crippen MR) is 67.7 cm³/mol. The molecule has 0 bridgehead atoms. The van der Waals surface area contributed by atoms with Crippen molar-refractivity contribution in [1.29, 1.82) is 0 Å². The smallest absolute Gasteiger partial charge is 0.0942 e. The molecule has 15 heavy (non-hydrogen) atoms. The molecule has 2 heteroatoms. The summed E-state index contributed by atoms with van der Waals surface area (Å²) in [5, 5.41) is 10.7. The monoisotopic (exact) mass is 270 g/mol. The van der Waals surface area contributed by atoms with Gasteiger partial charge in [-0.15, -0.1) is 0 Å². The fourth-order valence-electron chi connectivity index (χ4n) is 2.05. The molecule has 1 aromatic rings. The fraction of sp³-hybridized carbons (Fsp3) is 0.538. The second-order valence-corrected chi connectivity index (χ2v) is 5.56. The van der Waals surface area contributed by atoms with E-state index in [0.717, 1.165) is 10.0 Å². The van der Waals surface area contributed by atoms with E-state index in [0.29, 0.717) is 0 Å². The van der Waals surface area contributed by atoms with E-state index in [1.165, 1.54) is 0 Å². The molecule has 0 atom stereocenters. The second-order valence-electron chi connectivity index (χ2n) is 4.64. The summed E-state index contributed by atoms with van der Waals surface area (Å²) in [6.45, 7) is 8.23. The van der Waals surface area contributed by atoms with Crippen molar-refractivity contribution in [2.75, 3.05) is 0 Å². The van der Waals surface area contributed by atoms with Gasteiger partial charge in [0, 0.05) is 4.47 Å². The first-order valence-electron chi connectivity index (χ1n) is 5.37. The van der Waals surface area contributed by atoms with Crippen molar-refractivity contribution in [1.82, 2.24) is 0 Å². The minimum atomic E-state index is -0.735. The molecule has 0 amide bonds. The Labute approximate surface area is 101 Å². The molecular weight excluding hydrogens is 252 g/mol. The Balaban J connectivity index is 3.16. The van der Waals surface area contributed by atoms with Crippen LogP contribution in [0.4, 0.5) is 0 Å². The average molecular weight is 271 g/mol. The summed E-state index contributed by atoms with van der Waals surface area (Å²) in [6.07, 6.45) is 0. The van der Waals surface area contributed by atoms with Gasteiger partial charge in [-0.3, -0.25) is 0 Å². The molecule has 1 aromatic carbocycles. The topological polar surface area (TPSA) is 20.2 Å². The summed E-state index contributed by atoms with van der Waals surface area (Å²) in [7, 11) is 0. The number of benzene rings is 1. The van der Waals surface area contributed by atoms with Gasteiger partial charge in [0.15, 0.2) is 0 Å². The Morgan fingerprint density at radius 3 is 1.73 bits per heavy atom. The highest BCUT2D eigenvalue weighted by Gasteiger charge is 2.36. The van der Waals surface area contributed by atoms with Gasteiger partial charge in [0.25, 0.3) is 0 Å². The lowest BCUT2D eigenvalue weighted by molar-refractivity contribution is -0.0531. The van der Waals surface area contributed by atoms with Crippen LogP contribution in [0.5, 0.6) is 0 Å². The fourth-order valence-corrected chi connectivity index (χ4v) is 2.31. The van der Waals surface area contributed by atoms with Crippen LogP contribution < -0.4 is 0 Å². The highest BCUT2D eigenvalue weighted by Crippen LogP contribution is 2.36. The van der Waals surface area contributed by atoms with Crippen LogP contribution in [0.25, 0.3) is 0 Å². The van der Waals surface area contributed by atoms with Gasteiger partial charge in [-0.2, -0.15) is 0 Å². The van der Waals surface area contributed by atoms with E-state index >= 15 is 0 Å². The predicted octanol–water partition coefficient (Wildman–Crippen LogP) is 3.95. The zero-order chi connectivity index (χ0) is 11.6. The number of halogens is 1. The van der Waals surface area contributed by atoms with Crippen molar-refractivity contribution in [3.05, 3.63) is 34.3 Å². The molecule has 0 aliphatic carbocycles. The lowest BCUT2D eigenvalue weighted by Gasteiger charge is -2.36. The molecule has 84 valence electrons. The van der Waals surface area contributed by atoms with Crippen LogP contribution in [0.15, 0.2) is 28.7 Å². The van der Waals surface area contributed by atoms with Crippen LogP contribution in [0.2, 0.25) is 0 Å². The van der Waals surface area contributed by atoms with Gasteiger partial charge in [0.05, 0.1) is 5.60 Å². The van der Waals surface area contributed by atoms with Gasteiger partial charge < -0.3 is 5.11 Å². The Kier molecular flexibility index (Phi) is 3.96. The van der Waals surface area contributed by atoms with Crippen LogP contribution in [0.1, 0.15) is 33.3 Å². The Morgan fingerprint density at radius 1 is 1.00 bits per heavy atom. The largest absolute Gasteiger partial charge is 0.385 e. The van der Waals surface area contributed by atoms with Gasteiger partial charge in [-0.1, -0.05) is 55.8 Å². The standard InChI is InChI=1S/C13H19BrO/c1-9(2)13(15,10(3)4)11-5-7-12(14)8-6-11/h5-10,15H,1-4H3. The third-order valence-corrected chi connectivity index (χ3v) is 3.60. The van der Waals surface area contributed by atoms with Gasteiger partial charge in [-0.25, -0.2) is 0 Å². The maximum atomic E-state index is 10.7. The van der Waals surface area contributed by atoms with E-state index in [1.807, 2.05) is 24.3 Å². The molecule has 0 aliphatic heterocycles. The zero-order valence-corrected chi connectivity index (χ0v) is 11.4. The first-order chi connectivity index (χ1) is 6.89. The lowest BCUT2D eigenvalue weighted by Crippen LogP contribution is -2.37. The van der Waals surface area contributed by atoms with Crippen LogP contribution in [-0.4, -0.2) is 5.11 Å². The summed E-state index contributed by atoms with van der Waals surface area (Å²) in [6, 6.07) is 7.93. The van der Waals surface area contributed by atoms with Crippen LogP contribution >= 0.6 is 15.9 Å². The Bertz CT molecular complexity index is 306. The summed E-state index contributed by atoms with van der Waals surface area (Å²) in [5.74, 6) is 0.414. The first-order valence-corrected chi connectivity index (χ1v) is 6.16. The first kappa shape index (κ1) is 12.7. The van der Waals surface area contributed by atoms with Gasteiger partial charge in [-0.05, 0) is 29.5 Å². The van der Waals surface area contributed by atoms with Gasteiger partial charge >= 0.3 is 0 Å². The average Bonchev–Trinajstić information content (AvgIpc) is 2.17. The van der Waals surface area contributed by atoms with E-state index in [9.17, 15) is 5.11 Å². The molecule has 0 aliphatic rings. The molecule has 0 fully saturated rings. The van der Waals surface area contributed by atoms with Crippen molar-refractivity contribution in [2.45, 2.75) is 33.3 Å². The highest BCUT2D eigenvalue weighted by molar-refractivity contribution is 9.10. The maximum absolute atomic E-state index is 10.7. The van der Waals surface area contributed by atoms with Crippen molar-refractivity contribution in [3.63, 3.8) is 0 Å². The highest BCUT2D eigenvalue weighted by atomic mass is 79.9. The SMILES string of the molecule is CC(C)C(O)(c1ccc(Br)cc1)C(C)C. The lowest BCUT2D eigenvalue weighted by atomic mass is 9.75. The summed E-state index contributed by atoms with van der Waals surface area (Å²) >= 11 is 3.40.